The first-order chi connectivity index (χ1) is 10.6. The Morgan fingerprint density at radius 1 is 1.18 bits per heavy atom. The van der Waals surface area contributed by atoms with Gasteiger partial charge in [0.1, 0.15) is 11.2 Å². The number of rotatable bonds is 4. The van der Waals surface area contributed by atoms with Gasteiger partial charge in [-0.1, -0.05) is 17.7 Å². The number of nitrogens with one attached hydrogen (secondary N) is 1. The largest absolute Gasteiger partial charge is 0.456 e. The molecule has 0 aliphatic carbocycles. The molecule has 3 aromatic rings. The van der Waals surface area contributed by atoms with Crippen LogP contribution in [0.1, 0.15) is 12.5 Å². The van der Waals surface area contributed by atoms with Gasteiger partial charge in [0.2, 0.25) is 5.43 Å². The van der Waals surface area contributed by atoms with Gasteiger partial charge in [-0.3, -0.25) is 4.79 Å². The van der Waals surface area contributed by atoms with Gasteiger partial charge in [-0.2, -0.15) is 0 Å². The highest BCUT2D eigenvalue weighted by molar-refractivity contribution is 6.31. The SMILES string of the molecule is C[C@@H](CO)NCc1ccc2oc3ccc(Cl)cc3c(=O)c2c1. The molecule has 0 spiro atoms. The van der Waals surface area contributed by atoms with Crippen LogP contribution < -0.4 is 10.7 Å². The van der Waals surface area contributed by atoms with Gasteiger partial charge in [0.15, 0.2) is 0 Å². The fraction of sp³-hybridized carbons (Fsp3) is 0.235. The summed E-state index contributed by atoms with van der Waals surface area (Å²) >= 11 is 5.96. The molecule has 4 nitrogen and oxygen atoms in total. The molecule has 0 aliphatic heterocycles. The van der Waals surface area contributed by atoms with Crippen molar-refractivity contribution in [2.45, 2.75) is 19.5 Å². The fourth-order valence-corrected chi connectivity index (χ4v) is 2.51. The van der Waals surface area contributed by atoms with Gasteiger partial charge >= 0.3 is 0 Å². The molecule has 0 fully saturated rings. The molecule has 0 saturated carbocycles. The average Bonchev–Trinajstić information content (AvgIpc) is 2.53. The number of fused-ring (bicyclic) bond motifs is 2. The minimum absolute atomic E-state index is 0.00233. The molecule has 114 valence electrons. The third-order valence-corrected chi connectivity index (χ3v) is 3.86. The van der Waals surface area contributed by atoms with Crippen LogP contribution in [0.2, 0.25) is 5.02 Å². The third kappa shape index (κ3) is 2.86. The molecule has 0 aliphatic rings. The van der Waals surface area contributed by atoms with Crippen LogP contribution in [0.15, 0.2) is 45.6 Å². The fourth-order valence-electron chi connectivity index (χ4n) is 2.34. The lowest BCUT2D eigenvalue weighted by Crippen LogP contribution is -2.28. The van der Waals surface area contributed by atoms with Gasteiger partial charge in [-0.05, 0) is 42.8 Å². The number of benzene rings is 2. The average molecular weight is 318 g/mol. The molecule has 22 heavy (non-hydrogen) atoms. The van der Waals surface area contributed by atoms with E-state index >= 15 is 0 Å². The van der Waals surface area contributed by atoms with Gasteiger partial charge in [-0.15, -0.1) is 0 Å². The number of halogens is 1. The smallest absolute Gasteiger partial charge is 0.200 e. The van der Waals surface area contributed by atoms with E-state index in [1.165, 1.54) is 0 Å². The van der Waals surface area contributed by atoms with Gasteiger partial charge in [0, 0.05) is 17.6 Å². The standard InChI is InChI=1S/C17H16ClNO3/c1-10(9-20)19-8-11-2-4-15-13(6-11)17(21)14-7-12(18)3-5-16(14)22-15/h2-7,10,19-20H,8-9H2,1H3/t10-/m0/s1. The third-order valence-electron chi connectivity index (χ3n) is 3.62. The summed E-state index contributed by atoms with van der Waals surface area (Å²) in [5, 5.41) is 13.7. The van der Waals surface area contributed by atoms with E-state index in [-0.39, 0.29) is 18.1 Å². The Labute approximate surface area is 132 Å². The first-order valence-electron chi connectivity index (χ1n) is 7.08. The zero-order valence-electron chi connectivity index (χ0n) is 12.1. The summed E-state index contributed by atoms with van der Waals surface area (Å²) in [4.78, 5) is 12.6. The molecule has 1 heterocycles. The van der Waals surface area contributed by atoms with Crippen LogP contribution in [0.3, 0.4) is 0 Å². The van der Waals surface area contributed by atoms with Crippen molar-refractivity contribution in [2.24, 2.45) is 0 Å². The van der Waals surface area contributed by atoms with E-state index in [1.807, 2.05) is 19.1 Å². The second-order valence-electron chi connectivity index (χ2n) is 5.37. The lowest BCUT2D eigenvalue weighted by molar-refractivity contribution is 0.251. The second-order valence-corrected chi connectivity index (χ2v) is 5.80. The van der Waals surface area contributed by atoms with Crippen molar-refractivity contribution in [3.05, 3.63) is 57.2 Å². The highest BCUT2D eigenvalue weighted by Gasteiger charge is 2.09. The summed E-state index contributed by atoms with van der Waals surface area (Å²) in [5.74, 6) is 0. The molecule has 2 N–H and O–H groups in total. The van der Waals surface area contributed by atoms with Crippen molar-refractivity contribution in [1.82, 2.24) is 5.32 Å². The van der Waals surface area contributed by atoms with Gasteiger partial charge in [0.05, 0.1) is 17.4 Å². The minimum Gasteiger partial charge on any atom is -0.456 e. The quantitative estimate of drug-likeness (QED) is 0.726. The Hall–Kier alpha value is -1.88. The number of aliphatic hydroxyl groups excluding tert-OH is 1. The number of hydrogen-bond donors (Lipinski definition) is 2. The Bertz CT molecular complexity index is 888. The maximum atomic E-state index is 12.6. The zero-order valence-corrected chi connectivity index (χ0v) is 12.9. The first-order valence-corrected chi connectivity index (χ1v) is 7.45. The number of aliphatic hydroxyl groups is 1. The molecular weight excluding hydrogens is 302 g/mol. The zero-order chi connectivity index (χ0) is 15.7. The van der Waals surface area contributed by atoms with Crippen molar-refractivity contribution in [2.75, 3.05) is 6.61 Å². The van der Waals surface area contributed by atoms with Gasteiger partial charge in [-0.25, -0.2) is 0 Å². The predicted molar refractivity (Wildman–Crippen MR) is 88.4 cm³/mol. The maximum absolute atomic E-state index is 12.6. The Morgan fingerprint density at radius 2 is 1.86 bits per heavy atom. The van der Waals surface area contributed by atoms with E-state index in [9.17, 15) is 4.79 Å². The molecule has 1 aromatic heterocycles. The highest BCUT2D eigenvalue weighted by Crippen LogP contribution is 2.22. The summed E-state index contributed by atoms with van der Waals surface area (Å²) in [6.45, 7) is 2.54. The van der Waals surface area contributed by atoms with Crippen molar-refractivity contribution in [3.8, 4) is 0 Å². The van der Waals surface area contributed by atoms with Crippen LogP contribution in [0.4, 0.5) is 0 Å². The van der Waals surface area contributed by atoms with Crippen molar-refractivity contribution in [1.29, 1.82) is 0 Å². The molecule has 3 rings (SSSR count). The number of hydrogen-bond acceptors (Lipinski definition) is 4. The molecule has 0 saturated heterocycles. The van der Waals surface area contributed by atoms with Gasteiger partial charge < -0.3 is 14.8 Å². The van der Waals surface area contributed by atoms with Crippen molar-refractivity contribution < 1.29 is 9.52 Å². The first kappa shape index (κ1) is 15.0. The van der Waals surface area contributed by atoms with E-state index in [1.54, 1.807) is 24.3 Å². The van der Waals surface area contributed by atoms with Crippen LogP contribution in [0.25, 0.3) is 21.9 Å². The van der Waals surface area contributed by atoms with Crippen LogP contribution in [-0.2, 0) is 6.54 Å². The van der Waals surface area contributed by atoms with E-state index < -0.39 is 0 Å². The molecule has 1 atom stereocenters. The Morgan fingerprint density at radius 3 is 2.59 bits per heavy atom. The highest BCUT2D eigenvalue weighted by atomic mass is 35.5. The van der Waals surface area contributed by atoms with Crippen LogP contribution in [0, 0.1) is 0 Å². The molecular formula is C17H16ClNO3. The minimum atomic E-state index is -0.0872. The molecule has 0 radical (unpaired) electrons. The van der Waals surface area contributed by atoms with Crippen molar-refractivity contribution in [3.63, 3.8) is 0 Å². The molecule has 0 bridgehead atoms. The van der Waals surface area contributed by atoms with Crippen LogP contribution >= 0.6 is 11.6 Å². The van der Waals surface area contributed by atoms with Crippen LogP contribution in [-0.4, -0.2) is 17.8 Å². The summed E-state index contributed by atoms with van der Waals surface area (Å²) in [6, 6.07) is 10.6. The second kappa shape index (κ2) is 6.08. The van der Waals surface area contributed by atoms with E-state index in [0.717, 1.165) is 5.56 Å². The van der Waals surface area contributed by atoms with E-state index in [0.29, 0.717) is 33.5 Å². The van der Waals surface area contributed by atoms with E-state index in [2.05, 4.69) is 5.32 Å². The van der Waals surface area contributed by atoms with E-state index in [4.69, 9.17) is 21.1 Å². The summed E-state index contributed by atoms with van der Waals surface area (Å²) in [5.41, 5.74) is 1.96. The van der Waals surface area contributed by atoms with Gasteiger partial charge in [0.25, 0.3) is 0 Å². The normalized spacial score (nSPS) is 12.9. The summed E-state index contributed by atoms with van der Waals surface area (Å²) in [7, 11) is 0. The molecule has 0 unspecified atom stereocenters. The molecule has 2 aromatic carbocycles. The lowest BCUT2D eigenvalue weighted by atomic mass is 10.1. The maximum Gasteiger partial charge on any atom is 0.200 e. The van der Waals surface area contributed by atoms with Crippen LogP contribution in [0.5, 0.6) is 0 Å². The lowest BCUT2D eigenvalue weighted by Gasteiger charge is -2.11. The Balaban J connectivity index is 2.09. The monoisotopic (exact) mass is 317 g/mol. The summed E-state index contributed by atoms with van der Waals surface area (Å²) < 4.78 is 5.76. The van der Waals surface area contributed by atoms with Crippen molar-refractivity contribution >= 4 is 33.5 Å². The topological polar surface area (TPSA) is 62.5 Å². The molecule has 0 amide bonds. The molecule has 5 heteroatoms. The Kier molecular flexibility index (Phi) is 4.16. The summed E-state index contributed by atoms with van der Waals surface area (Å²) in [6.07, 6.45) is 0. The predicted octanol–water partition coefficient (Wildman–Crippen LogP) is 3.07.